The van der Waals surface area contributed by atoms with E-state index in [4.69, 9.17) is 28.3 Å². The van der Waals surface area contributed by atoms with Crippen LogP contribution in [-0.2, 0) is 23.2 Å². The highest BCUT2D eigenvalue weighted by Gasteiger charge is 2.19. The van der Waals surface area contributed by atoms with Gasteiger partial charge in [-0.1, -0.05) is 53.5 Å². The molecule has 0 unspecified atom stereocenters. The van der Waals surface area contributed by atoms with Crippen molar-refractivity contribution in [3.05, 3.63) is 63.6 Å². The van der Waals surface area contributed by atoms with Crippen molar-refractivity contribution in [3.8, 4) is 0 Å². The highest BCUT2D eigenvalue weighted by Crippen LogP contribution is 2.28. The summed E-state index contributed by atoms with van der Waals surface area (Å²) in [6.45, 7) is 0.0705. The lowest BCUT2D eigenvalue weighted by Gasteiger charge is -2.09. The molecule has 0 atom stereocenters. The third kappa shape index (κ3) is 3.96. The SMILES string of the molecule is O=S(=O)(NCc1ccc(CO)cc1)c1cccc(Cl)c1Cl. The lowest BCUT2D eigenvalue weighted by Crippen LogP contribution is -2.23. The van der Waals surface area contributed by atoms with Crippen molar-refractivity contribution < 1.29 is 13.5 Å². The molecule has 0 aromatic heterocycles. The number of benzene rings is 2. The summed E-state index contributed by atoms with van der Waals surface area (Å²) in [4.78, 5) is -0.0522. The summed E-state index contributed by atoms with van der Waals surface area (Å²) in [7, 11) is -3.74. The number of rotatable bonds is 5. The van der Waals surface area contributed by atoms with Gasteiger partial charge in [0.1, 0.15) is 4.90 Å². The second kappa shape index (κ2) is 6.77. The molecule has 2 rings (SSSR count). The lowest BCUT2D eigenvalue weighted by molar-refractivity contribution is 0.282. The summed E-state index contributed by atoms with van der Waals surface area (Å²) < 4.78 is 26.9. The predicted molar refractivity (Wildman–Crippen MR) is 82.9 cm³/mol. The van der Waals surface area contributed by atoms with Gasteiger partial charge in [-0.25, -0.2) is 13.1 Å². The first kappa shape index (κ1) is 16.3. The minimum atomic E-state index is -3.74. The van der Waals surface area contributed by atoms with Crippen molar-refractivity contribution >= 4 is 33.2 Å². The van der Waals surface area contributed by atoms with E-state index in [1.165, 1.54) is 18.2 Å². The lowest BCUT2D eigenvalue weighted by atomic mass is 10.1. The Labute approximate surface area is 133 Å². The molecule has 4 nitrogen and oxygen atoms in total. The zero-order valence-corrected chi connectivity index (χ0v) is 13.2. The fourth-order valence-electron chi connectivity index (χ4n) is 1.71. The van der Waals surface area contributed by atoms with Crippen molar-refractivity contribution in [1.82, 2.24) is 4.72 Å². The molecule has 0 heterocycles. The van der Waals surface area contributed by atoms with Gasteiger partial charge in [0.05, 0.1) is 16.7 Å². The van der Waals surface area contributed by atoms with Crippen molar-refractivity contribution in [2.75, 3.05) is 0 Å². The Kier molecular flexibility index (Phi) is 5.24. The first-order valence-corrected chi connectivity index (χ1v) is 8.30. The fourth-order valence-corrected chi connectivity index (χ4v) is 3.49. The summed E-state index contributed by atoms with van der Waals surface area (Å²) >= 11 is 11.7. The van der Waals surface area contributed by atoms with E-state index in [1.54, 1.807) is 24.3 Å². The van der Waals surface area contributed by atoms with E-state index in [0.29, 0.717) is 0 Å². The van der Waals surface area contributed by atoms with E-state index in [2.05, 4.69) is 4.72 Å². The smallest absolute Gasteiger partial charge is 0.242 e. The Morgan fingerprint density at radius 2 is 1.62 bits per heavy atom. The van der Waals surface area contributed by atoms with E-state index >= 15 is 0 Å². The van der Waals surface area contributed by atoms with Crippen LogP contribution in [0.25, 0.3) is 0 Å². The van der Waals surface area contributed by atoms with Gasteiger partial charge in [0.15, 0.2) is 0 Å². The van der Waals surface area contributed by atoms with Crippen LogP contribution in [0.3, 0.4) is 0 Å². The molecule has 0 amide bonds. The largest absolute Gasteiger partial charge is 0.392 e. The second-order valence-corrected chi connectivity index (χ2v) is 6.87. The number of halogens is 2. The average molecular weight is 346 g/mol. The third-order valence-electron chi connectivity index (χ3n) is 2.88. The van der Waals surface area contributed by atoms with E-state index < -0.39 is 10.0 Å². The molecule has 0 radical (unpaired) electrons. The van der Waals surface area contributed by atoms with E-state index in [-0.39, 0.29) is 28.1 Å². The number of hydrogen-bond donors (Lipinski definition) is 2. The monoisotopic (exact) mass is 345 g/mol. The first-order chi connectivity index (χ1) is 9.94. The Balaban J connectivity index is 2.15. The Morgan fingerprint density at radius 3 is 2.24 bits per heavy atom. The van der Waals surface area contributed by atoms with Crippen LogP contribution in [0, 0.1) is 0 Å². The molecule has 2 N–H and O–H groups in total. The molecule has 0 aliphatic heterocycles. The van der Waals surface area contributed by atoms with Gasteiger partial charge in [0.25, 0.3) is 0 Å². The molecule has 0 aliphatic carbocycles. The van der Waals surface area contributed by atoms with Gasteiger partial charge in [-0.3, -0.25) is 0 Å². The molecule has 0 saturated heterocycles. The highest BCUT2D eigenvalue weighted by molar-refractivity contribution is 7.89. The zero-order valence-electron chi connectivity index (χ0n) is 10.9. The number of aliphatic hydroxyl groups is 1. The van der Waals surface area contributed by atoms with Crippen LogP contribution in [0.1, 0.15) is 11.1 Å². The molecule has 112 valence electrons. The molecule has 2 aromatic rings. The predicted octanol–water partition coefficient (Wildman–Crippen LogP) is 2.96. The standard InChI is InChI=1S/C14H13Cl2NO3S/c15-12-2-1-3-13(14(12)16)21(19,20)17-8-10-4-6-11(9-18)7-5-10/h1-7,17-18H,8-9H2. The molecule has 0 spiro atoms. The van der Waals surface area contributed by atoms with Crippen molar-refractivity contribution in [1.29, 1.82) is 0 Å². The third-order valence-corrected chi connectivity index (χ3v) is 5.25. The Morgan fingerprint density at radius 1 is 1.00 bits per heavy atom. The maximum Gasteiger partial charge on any atom is 0.242 e. The van der Waals surface area contributed by atoms with Crippen molar-refractivity contribution in [2.45, 2.75) is 18.0 Å². The molecule has 0 aliphatic rings. The molecule has 0 fully saturated rings. The van der Waals surface area contributed by atoms with Crippen LogP contribution in [0.4, 0.5) is 0 Å². The maximum atomic E-state index is 12.2. The normalized spacial score (nSPS) is 11.6. The van der Waals surface area contributed by atoms with Crippen molar-refractivity contribution in [3.63, 3.8) is 0 Å². The molecule has 7 heteroatoms. The van der Waals surface area contributed by atoms with Gasteiger partial charge in [-0.05, 0) is 23.3 Å². The van der Waals surface area contributed by atoms with Crippen LogP contribution < -0.4 is 4.72 Å². The summed E-state index contributed by atoms with van der Waals surface area (Å²) in [5.41, 5.74) is 1.54. The van der Waals surface area contributed by atoms with Crippen LogP contribution in [0.5, 0.6) is 0 Å². The molecule has 2 aromatic carbocycles. The van der Waals surface area contributed by atoms with Gasteiger partial charge in [-0.15, -0.1) is 0 Å². The number of nitrogens with one attached hydrogen (secondary N) is 1. The minimum Gasteiger partial charge on any atom is -0.392 e. The van der Waals surface area contributed by atoms with Gasteiger partial charge in [0.2, 0.25) is 10.0 Å². The van der Waals surface area contributed by atoms with Crippen LogP contribution in [0.15, 0.2) is 47.4 Å². The van der Waals surface area contributed by atoms with E-state index in [9.17, 15) is 8.42 Å². The van der Waals surface area contributed by atoms with Crippen LogP contribution in [0.2, 0.25) is 10.0 Å². The summed E-state index contributed by atoms with van der Waals surface area (Å²) in [5.74, 6) is 0. The van der Waals surface area contributed by atoms with E-state index in [1.807, 2.05) is 0 Å². The minimum absolute atomic E-state index is 0.00213. The highest BCUT2D eigenvalue weighted by atomic mass is 35.5. The Bertz CT molecular complexity index is 730. The van der Waals surface area contributed by atoms with Gasteiger partial charge < -0.3 is 5.11 Å². The van der Waals surface area contributed by atoms with Gasteiger partial charge in [0, 0.05) is 6.54 Å². The topological polar surface area (TPSA) is 66.4 Å². The zero-order chi connectivity index (χ0) is 15.5. The fraction of sp³-hybridized carbons (Fsp3) is 0.143. The quantitative estimate of drug-likeness (QED) is 0.875. The maximum absolute atomic E-state index is 12.2. The number of aliphatic hydroxyl groups excluding tert-OH is 1. The molecular formula is C14H13Cl2NO3S. The first-order valence-electron chi connectivity index (χ1n) is 6.06. The van der Waals surface area contributed by atoms with E-state index in [0.717, 1.165) is 11.1 Å². The second-order valence-electron chi connectivity index (χ2n) is 4.35. The molecule has 0 saturated carbocycles. The van der Waals surface area contributed by atoms with Crippen LogP contribution >= 0.6 is 23.2 Å². The summed E-state index contributed by atoms with van der Waals surface area (Å²) in [6.07, 6.45) is 0. The molecule has 0 bridgehead atoms. The summed E-state index contributed by atoms with van der Waals surface area (Å²) in [6, 6.07) is 11.4. The number of sulfonamides is 1. The number of hydrogen-bond acceptors (Lipinski definition) is 3. The molecular weight excluding hydrogens is 333 g/mol. The van der Waals surface area contributed by atoms with Crippen LogP contribution in [-0.4, -0.2) is 13.5 Å². The van der Waals surface area contributed by atoms with Crippen molar-refractivity contribution in [2.24, 2.45) is 0 Å². The molecule has 21 heavy (non-hydrogen) atoms. The van der Waals surface area contributed by atoms with Gasteiger partial charge >= 0.3 is 0 Å². The average Bonchev–Trinajstić information content (AvgIpc) is 2.48. The van der Waals surface area contributed by atoms with Gasteiger partial charge in [-0.2, -0.15) is 0 Å². The summed E-state index contributed by atoms with van der Waals surface area (Å²) in [5, 5.41) is 9.14. The Hall–Kier alpha value is -1.11.